The number of hydrogen-bond donors (Lipinski definition) is 1. The van der Waals surface area contributed by atoms with Crippen molar-refractivity contribution in [3.63, 3.8) is 0 Å². The molecule has 1 unspecified atom stereocenters. The maximum Gasteiger partial charge on any atom is 0.224 e. The maximum absolute atomic E-state index is 5.59. The van der Waals surface area contributed by atoms with Crippen LogP contribution in [0, 0.1) is 0 Å². The maximum atomic E-state index is 5.59. The Hall–Kier alpha value is -0.880. The van der Waals surface area contributed by atoms with Gasteiger partial charge in [-0.1, -0.05) is 11.8 Å². The fourth-order valence-corrected chi connectivity index (χ4v) is 1.77. The van der Waals surface area contributed by atoms with Crippen molar-refractivity contribution in [3.8, 4) is 0 Å². The minimum atomic E-state index is 0.284. The van der Waals surface area contributed by atoms with Crippen LogP contribution in [0.3, 0.4) is 0 Å². The molecule has 6 heteroatoms. The van der Waals surface area contributed by atoms with Crippen molar-refractivity contribution < 1.29 is 4.74 Å². The monoisotopic (exact) mass is 212 g/mol. The molecule has 1 fully saturated rings. The van der Waals surface area contributed by atoms with Crippen LogP contribution in [0.1, 0.15) is 18.2 Å². The van der Waals surface area contributed by atoms with E-state index in [-0.39, 0.29) is 5.92 Å². The molecule has 0 bridgehead atoms. The summed E-state index contributed by atoms with van der Waals surface area (Å²) in [5, 5.41) is 0.680. The quantitative estimate of drug-likeness (QED) is 0.727. The van der Waals surface area contributed by atoms with E-state index in [9.17, 15) is 0 Å². The molecule has 0 spiro atoms. The van der Waals surface area contributed by atoms with Gasteiger partial charge in [0.2, 0.25) is 5.95 Å². The van der Waals surface area contributed by atoms with Gasteiger partial charge in [0.15, 0.2) is 5.16 Å². The van der Waals surface area contributed by atoms with Crippen LogP contribution in [0.15, 0.2) is 5.16 Å². The smallest absolute Gasteiger partial charge is 0.224 e. The fourth-order valence-electron chi connectivity index (χ4n) is 1.40. The van der Waals surface area contributed by atoms with Crippen LogP contribution in [0.5, 0.6) is 0 Å². The van der Waals surface area contributed by atoms with Crippen molar-refractivity contribution in [2.75, 3.05) is 25.2 Å². The van der Waals surface area contributed by atoms with Crippen LogP contribution < -0.4 is 5.73 Å². The molecule has 76 valence electrons. The van der Waals surface area contributed by atoms with Gasteiger partial charge in [-0.05, 0) is 12.7 Å². The summed E-state index contributed by atoms with van der Waals surface area (Å²) in [6, 6.07) is 0. The molecule has 5 nitrogen and oxygen atoms in total. The van der Waals surface area contributed by atoms with Crippen LogP contribution in [-0.2, 0) is 4.74 Å². The molecule has 0 saturated carbocycles. The lowest BCUT2D eigenvalue weighted by Gasteiger charge is -2.06. The Morgan fingerprint density at radius 3 is 2.93 bits per heavy atom. The normalized spacial score (nSPS) is 21.4. The second-order valence-electron chi connectivity index (χ2n) is 3.10. The SMILES string of the molecule is CSc1nc(N)nc(C2CCOC2)n1. The van der Waals surface area contributed by atoms with Crippen LogP contribution >= 0.6 is 11.8 Å². The summed E-state index contributed by atoms with van der Waals surface area (Å²) in [6.07, 6.45) is 2.89. The van der Waals surface area contributed by atoms with Gasteiger partial charge < -0.3 is 10.5 Å². The van der Waals surface area contributed by atoms with Crippen molar-refractivity contribution in [3.05, 3.63) is 5.82 Å². The van der Waals surface area contributed by atoms with Gasteiger partial charge in [0.1, 0.15) is 5.82 Å². The first-order chi connectivity index (χ1) is 6.79. The number of ether oxygens (including phenoxy) is 1. The Kier molecular flexibility index (Phi) is 2.83. The van der Waals surface area contributed by atoms with Crippen LogP contribution in [0.2, 0.25) is 0 Å². The van der Waals surface area contributed by atoms with Crippen molar-refractivity contribution in [1.29, 1.82) is 0 Å². The first-order valence-corrected chi connectivity index (χ1v) is 5.65. The van der Waals surface area contributed by atoms with E-state index in [2.05, 4.69) is 15.0 Å². The summed E-state index contributed by atoms with van der Waals surface area (Å²) in [5.74, 6) is 1.34. The van der Waals surface area contributed by atoms with E-state index in [1.165, 1.54) is 11.8 Å². The summed E-state index contributed by atoms with van der Waals surface area (Å²) in [5.41, 5.74) is 5.59. The van der Waals surface area contributed by atoms with Gasteiger partial charge in [-0.2, -0.15) is 9.97 Å². The molecular weight excluding hydrogens is 200 g/mol. The Morgan fingerprint density at radius 1 is 1.43 bits per heavy atom. The van der Waals surface area contributed by atoms with E-state index >= 15 is 0 Å². The molecule has 2 heterocycles. The minimum Gasteiger partial charge on any atom is -0.381 e. The molecule has 2 rings (SSSR count). The third-order valence-corrected chi connectivity index (χ3v) is 2.67. The first kappa shape index (κ1) is 9.67. The van der Waals surface area contributed by atoms with E-state index < -0.39 is 0 Å². The molecule has 2 N–H and O–H groups in total. The Labute approximate surface area is 86.5 Å². The number of nitrogens with two attached hydrogens (primary N) is 1. The second kappa shape index (κ2) is 4.10. The zero-order chi connectivity index (χ0) is 9.97. The van der Waals surface area contributed by atoms with Gasteiger partial charge in [-0.15, -0.1) is 0 Å². The highest BCUT2D eigenvalue weighted by molar-refractivity contribution is 7.98. The predicted molar refractivity (Wildman–Crippen MR) is 54.2 cm³/mol. The third kappa shape index (κ3) is 1.96. The van der Waals surface area contributed by atoms with E-state index in [1.54, 1.807) is 0 Å². The molecule has 1 aliphatic heterocycles. The van der Waals surface area contributed by atoms with E-state index in [0.29, 0.717) is 17.7 Å². The lowest BCUT2D eigenvalue weighted by molar-refractivity contribution is 0.193. The zero-order valence-corrected chi connectivity index (χ0v) is 8.75. The molecule has 0 aliphatic carbocycles. The number of hydrogen-bond acceptors (Lipinski definition) is 6. The van der Waals surface area contributed by atoms with Gasteiger partial charge in [-0.25, -0.2) is 4.98 Å². The summed E-state index contributed by atoms with van der Waals surface area (Å²) < 4.78 is 5.28. The number of nitrogen functional groups attached to an aromatic ring is 1. The highest BCUT2D eigenvalue weighted by atomic mass is 32.2. The van der Waals surface area contributed by atoms with Crippen LogP contribution in [-0.4, -0.2) is 34.4 Å². The number of anilines is 1. The molecule has 0 amide bonds. The fraction of sp³-hybridized carbons (Fsp3) is 0.625. The standard InChI is InChI=1S/C8H12N4OS/c1-14-8-11-6(10-7(9)12-8)5-2-3-13-4-5/h5H,2-4H2,1H3,(H2,9,10,11,12). The molecule has 0 radical (unpaired) electrons. The minimum absolute atomic E-state index is 0.284. The molecule has 1 atom stereocenters. The van der Waals surface area contributed by atoms with E-state index in [4.69, 9.17) is 10.5 Å². The van der Waals surface area contributed by atoms with Crippen LogP contribution in [0.25, 0.3) is 0 Å². The van der Waals surface area contributed by atoms with Gasteiger partial charge in [-0.3, -0.25) is 0 Å². The summed E-state index contributed by atoms with van der Waals surface area (Å²) in [6.45, 7) is 1.47. The second-order valence-corrected chi connectivity index (χ2v) is 3.87. The predicted octanol–water partition coefficient (Wildman–Crippen LogP) is 0.680. The molecule has 1 saturated heterocycles. The van der Waals surface area contributed by atoms with Gasteiger partial charge >= 0.3 is 0 Å². The number of rotatable bonds is 2. The Balaban J connectivity index is 2.27. The average Bonchev–Trinajstić information content (AvgIpc) is 2.69. The topological polar surface area (TPSA) is 73.9 Å². The van der Waals surface area contributed by atoms with Crippen molar-refractivity contribution >= 4 is 17.7 Å². The largest absolute Gasteiger partial charge is 0.381 e. The Morgan fingerprint density at radius 2 is 2.29 bits per heavy atom. The van der Waals surface area contributed by atoms with Crippen molar-refractivity contribution in [1.82, 2.24) is 15.0 Å². The van der Waals surface area contributed by atoms with E-state index in [0.717, 1.165) is 18.9 Å². The van der Waals surface area contributed by atoms with Crippen molar-refractivity contribution in [2.24, 2.45) is 0 Å². The summed E-state index contributed by atoms with van der Waals surface area (Å²) in [7, 11) is 0. The van der Waals surface area contributed by atoms with E-state index in [1.807, 2.05) is 6.26 Å². The third-order valence-electron chi connectivity index (χ3n) is 2.13. The van der Waals surface area contributed by atoms with Crippen molar-refractivity contribution in [2.45, 2.75) is 17.5 Å². The highest BCUT2D eigenvalue weighted by Gasteiger charge is 2.21. The van der Waals surface area contributed by atoms with Gasteiger partial charge in [0.25, 0.3) is 0 Å². The number of nitrogens with zero attached hydrogens (tertiary/aromatic N) is 3. The van der Waals surface area contributed by atoms with Gasteiger partial charge in [0.05, 0.1) is 6.61 Å². The zero-order valence-electron chi connectivity index (χ0n) is 7.93. The molecule has 0 aromatic carbocycles. The highest BCUT2D eigenvalue weighted by Crippen LogP contribution is 2.23. The molecular formula is C8H12N4OS. The Bertz CT molecular complexity index is 327. The van der Waals surface area contributed by atoms with Gasteiger partial charge in [0, 0.05) is 12.5 Å². The number of thioether (sulfide) groups is 1. The molecule has 1 aromatic heterocycles. The lowest BCUT2D eigenvalue weighted by atomic mass is 10.1. The molecule has 1 aliphatic rings. The lowest BCUT2D eigenvalue weighted by Crippen LogP contribution is -2.09. The molecule has 1 aromatic rings. The summed E-state index contributed by atoms with van der Waals surface area (Å²) >= 11 is 1.47. The summed E-state index contributed by atoms with van der Waals surface area (Å²) in [4.78, 5) is 12.4. The first-order valence-electron chi connectivity index (χ1n) is 4.43. The molecule has 14 heavy (non-hydrogen) atoms. The average molecular weight is 212 g/mol. The number of aromatic nitrogens is 3. The van der Waals surface area contributed by atoms with Crippen LogP contribution in [0.4, 0.5) is 5.95 Å².